The van der Waals surface area contributed by atoms with E-state index in [9.17, 15) is 9.59 Å². The number of carboxylic acid groups (broad SMARTS) is 2. The number of carbonyl (C=O) groups is 2. The molecule has 0 saturated carbocycles. The van der Waals surface area contributed by atoms with E-state index in [0.717, 1.165) is 11.8 Å². The minimum Gasteiger partial charge on any atom is -0.478 e. The number of aromatic carboxylic acids is 2. The van der Waals surface area contributed by atoms with Crippen LogP contribution in [-0.4, -0.2) is 22.2 Å². The summed E-state index contributed by atoms with van der Waals surface area (Å²) in [5.41, 5.74) is 0.167. The van der Waals surface area contributed by atoms with Gasteiger partial charge < -0.3 is 10.2 Å². The molecule has 0 saturated heterocycles. The van der Waals surface area contributed by atoms with Gasteiger partial charge in [0.25, 0.3) is 0 Å². The summed E-state index contributed by atoms with van der Waals surface area (Å²) in [5.74, 6) is -0.422. The van der Waals surface area contributed by atoms with E-state index in [-0.39, 0.29) is 11.1 Å². The van der Waals surface area contributed by atoms with Crippen molar-refractivity contribution in [2.75, 3.05) is 0 Å². The van der Waals surface area contributed by atoms with Gasteiger partial charge in [-0.1, -0.05) is 27.7 Å². The predicted molar refractivity (Wildman–Crippen MR) is 70.0 cm³/mol. The third-order valence-corrected chi connectivity index (χ3v) is 2.71. The lowest BCUT2D eigenvalue weighted by atomic mass is 10.0. The first kappa shape index (κ1) is 16.2. The number of benzene rings is 1. The van der Waals surface area contributed by atoms with Crippen LogP contribution in [0, 0.1) is 11.8 Å². The maximum atomic E-state index is 10.3. The zero-order chi connectivity index (χ0) is 14.3. The van der Waals surface area contributed by atoms with Gasteiger partial charge in [-0.25, -0.2) is 9.59 Å². The molecule has 4 nitrogen and oxygen atoms in total. The standard InChI is InChI=1S/C8H6O4.C6H14/c9-7(10)5-1-2-6(4-3-5)8(11)12;1-5(2)6(3)4/h1-4H,(H,9,10)(H,11,12);5-6H,1-4H3. The van der Waals surface area contributed by atoms with Crippen molar-refractivity contribution in [1.82, 2.24) is 0 Å². The summed E-state index contributed by atoms with van der Waals surface area (Å²) < 4.78 is 0. The average Bonchev–Trinajstić information content (AvgIpc) is 2.29. The molecule has 4 heteroatoms. The summed E-state index contributed by atoms with van der Waals surface area (Å²) in [7, 11) is 0. The first-order valence-electron chi connectivity index (χ1n) is 5.82. The largest absolute Gasteiger partial charge is 0.478 e. The van der Waals surface area contributed by atoms with Crippen molar-refractivity contribution in [3.05, 3.63) is 35.4 Å². The quantitative estimate of drug-likeness (QED) is 0.864. The molecule has 1 rings (SSSR count). The fourth-order valence-corrected chi connectivity index (χ4v) is 0.755. The van der Waals surface area contributed by atoms with Crippen molar-refractivity contribution in [2.45, 2.75) is 27.7 Å². The third-order valence-electron chi connectivity index (χ3n) is 2.71. The summed E-state index contributed by atoms with van der Waals surface area (Å²) in [6.45, 7) is 8.96. The number of carboxylic acids is 2. The highest BCUT2D eigenvalue weighted by Crippen LogP contribution is 2.05. The zero-order valence-electron chi connectivity index (χ0n) is 11.2. The molecule has 18 heavy (non-hydrogen) atoms. The molecular weight excluding hydrogens is 232 g/mol. The molecule has 1 aromatic rings. The molecule has 0 amide bonds. The van der Waals surface area contributed by atoms with Crippen LogP contribution < -0.4 is 0 Å². The minimum atomic E-state index is -1.06. The summed E-state index contributed by atoms with van der Waals surface area (Å²) >= 11 is 0. The second-order valence-electron chi connectivity index (χ2n) is 4.68. The molecule has 0 radical (unpaired) electrons. The number of rotatable bonds is 3. The minimum absolute atomic E-state index is 0.0833. The molecule has 0 heterocycles. The molecule has 0 aliphatic rings. The van der Waals surface area contributed by atoms with E-state index in [1.165, 1.54) is 24.3 Å². The Hall–Kier alpha value is -1.84. The van der Waals surface area contributed by atoms with Crippen LogP contribution in [0.25, 0.3) is 0 Å². The molecular formula is C14H20O4. The summed E-state index contributed by atoms with van der Waals surface area (Å²) in [5, 5.41) is 16.9. The molecule has 0 spiro atoms. The van der Waals surface area contributed by atoms with Crippen LogP contribution in [0.1, 0.15) is 48.4 Å². The van der Waals surface area contributed by atoms with Crippen LogP contribution >= 0.6 is 0 Å². The maximum Gasteiger partial charge on any atom is 0.335 e. The van der Waals surface area contributed by atoms with E-state index in [2.05, 4.69) is 27.7 Å². The fourth-order valence-electron chi connectivity index (χ4n) is 0.755. The Balaban J connectivity index is 0.000000411. The average molecular weight is 252 g/mol. The Labute approximate surface area is 107 Å². The van der Waals surface area contributed by atoms with Gasteiger partial charge in [0.05, 0.1) is 11.1 Å². The number of hydrogen-bond donors (Lipinski definition) is 2. The lowest BCUT2D eigenvalue weighted by Crippen LogP contribution is -1.99. The molecule has 0 atom stereocenters. The molecule has 0 aliphatic carbocycles. The Morgan fingerprint density at radius 2 is 1.00 bits per heavy atom. The molecule has 2 N–H and O–H groups in total. The smallest absolute Gasteiger partial charge is 0.335 e. The van der Waals surface area contributed by atoms with Crippen LogP contribution in [0.15, 0.2) is 24.3 Å². The van der Waals surface area contributed by atoms with Gasteiger partial charge >= 0.3 is 11.9 Å². The van der Waals surface area contributed by atoms with Crippen molar-refractivity contribution >= 4 is 11.9 Å². The van der Waals surface area contributed by atoms with E-state index >= 15 is 0 Å². The van der Waals surface area contributed by atoms with E-state index in [1.54, 1.807) is 0 Å². The summed E-state index contributed by atoms with van der Waals surface area (Å²) in [4.78, 5) is 20.7. The molecule has 1 aromatic carbocycles. The van der Waals surface area contributed by atoms with E-state index in [4.69, 9.17) is 10.2 Å². The Kier molecular flexibility index (Phi) is 6.71. The molecule has 0 bridgehead atoms. The first-order chi connectivity index (χ1) is 8.25. The lowest BCUT2D eigenvalue weighted by Gasteiger charge is -2.05. The maximum absolute atomic E-state index is 10.3. The van der Waals surface area contributed by atoms with Crippen molar-refractivity contribution < 1.29 is 19.8 Å². The monoisotopic (exact) mass is 252 g/mol. The Morgan fingerprint density at radius 3 is 1.11 bits per heavy atom. The van der Waals surface area contributed by atoms with Crippen LogP contribution in [0.3, 0.4) is 0 Å². The first-order valence-corrected chi connectivity index (χ1v) is 5.82. The van der Waals surface area contributed by atoms with Gasteiger partial charge in [0, 0.05) is 0 Å². The van der Waals surface area contributed by atoms with Gasteiger partial charge in [0.1, 0.15) is 0 Å². The van der Waals surface area contributed by atoms with Crippen LogP contribution in [0.2, 0.25) is 0 Å². The van der Waals surface area contributed by atoms with Crippen molar-refractivity contribution in [1.29, 1.82) is 0 Å². The third kappa shape index (κ3) is 6.03. The van der Waals surface area contributed by atoms with Gasteiger partial charge in [-0.2, -0.15) is 0 Å². The van der Waals surface area contributed by atoms with Crippen molar-refractivity contribution in [2.24, 2.45) is 11.8 Å². The summed E-state index contributed by atoms with van der Waals surface area (Å²) in [6, 6.07) is 5.02. The van der Waals surface area contributed by atoms with E-state index in [0.29, 0.717) is 0 Å². The highest BCUT2D eigenvalue weighted by Gasteiger charge is 2.04. The second-order valence-corrected chi connectivity index (χ2v) is 4.68. The van der Waals surface area contributed by atoms with Crippen LogP contribution in [-0.2, 0) is 0 Å². The van der Waals surface area contributed by atoms with E-state index < -0.39 is 11.9 Å². The molecule has 0 aliphatic heterocycles. The SMILES string of the molecule is CC(C)C(C)C.O=C(O)c1ccc(C(=O)O)cc1. The summed E-state index contributed by atoms with van der Waals surface area (Å²) in [6.07, 6.45) is 0. The topological polar surface area (TPSA) is 74.6 Å². The molecule has 0 fully saturated rings. The lowest BCUT2D eigenvalue weighted by molar-refractivity contribution is 0.0681. The molecule has 100 valence electrons. The predicted octanol–water partition coefficient (Wildman–Crippen LogP) is 3.38. The number of hydrogen-bond acceptors (Lipinski definition) is 2. The van der Waals surface area contributed by atoms with Crippen molar-refractivity contribution in [3.8, 4) is 0 Å². The Bertz CT molecular complexity index is 352. The molecule has 0 unspecified atom stereocenters. The van der Waals surface area contributed by atoms with Gasteiger partial charge in [0.2, 0.25) is 0 Å². The fraction of sp³-hybridized carbons (Fsp3) is 0.429. The Morgan fingerprint density at radius 1 is 0.778 bits per heavy atom. The zero-order valence-corrected chi connectivity index (χ0v) is 11.2. The van der Waals surface area contributed by atoms with Gasteiger partial charge in [-0.05, 0) is 36.1 Å². The van der Waals surface area contributed by atoms with Gasteiger partial charge in [-0.15, -0.1) is 0 Å². The van der Waals surface area contributed by atoms with Crippen LogP contribution in [0.5, 0.6) is 0 Å². The van der Waals surface area contributed by atoms with Crippen LogP contribution in [0.4, 0.5) is 0 Å². The normalized spacial score (nSPS) is 9.89. The second kappa shape index (κ2) is 7.48. The van der Waals surface area contributed by atoms with E-state index in [1.807, 2.05) is 0 Å². The molecule has 0 aromatic heterocycles. The highest BCUT2D eigenvalue weighted by atomic mass is 16.4. The van der Waals surface area contributed by atoms with Crippen molar-refractivity contribution in [3.63, 3.8) is 0 Å². The van der Waals surface area contributed by atoms with Gasteiger partial charge in [0.15, 0.2) is 0 Å². The highest BCUT2D eigenvalue weighted by molar-refractivity contribution is 5.91. The van der Waals surface area contributed by atoms with Gasteiger partial charge in [-0.3, -0.25) is 0 Å².